The third kappa shape index (κ3) is 4.97. The Bertz CT molecular complexity index is 2030. The molecule has 0 amide bonds. The number of halogens is 1. The summed E-state index contributed by atoms with van der Waals surface area (Å²) in [5.41, 5.74) is 9.15. The minimum atomic E-state index is -0.389. The minimum Gasteiger partial charge on any atom is -0.497 e. The molecule has 0 aliphatic rings. The maximum atomic E-state index is 14.3. The van der Waals surface area contributed by atoms with E-state index in [9.17, 15) is 4.39 Å². The van der Waals surface area contributed by atoms with Gasteiger partial charge in [-0.05, 0) is 53.6 Å². The fourth-order valence-corrected chi connectivity index (χ4v) is 5.15. The summed E-state index contributed by atoms with van der Waals surface area (Å²) >= 11 is 0. The van der Waals surface area contributed by atoms with E-state index in [0.717, 1.165) is 51.0 Å². The smallest absolute Gasteiger partial charge is 0.135 e. The molecule has 7 aromatic rings. The second-order valence-electron chi connectivity index (χ2n) is 10.0. The van der Waals surface area contributed by atoms with Gasteiger partial charge in [-0.15, -0.1) is 0 Å². The summed E-state index contributed by atoms with van der Waals surface area (Å²) in [6.45, 7) is 1.47. The van der Waals surface area contributed by atoms with E-state index >= 15 is 0 Å². The number of nitrogens with zero attached hydrogens (tertiary/aromatic N) is 4. The average molecular weight is 556 g/mol. The fourth-order valence-electron chi connectivity index (χ4n) is 5.15. The number of rotatable bonds is 8. The van der Waals surface area contributed by atoms with Crippen LogP contribution < -0.4 is 10.1 Å². The molecule has 42 heavy (non-hydrogen) atoms. The van der Waals surface area contributed by atoms with E-state index in [4.69, 9.17) is 9.72 Å². The van der Waals surface area contributed by atoms with Gasteiger partial charge in [-0.25, -0.2) is 9.37 Å². The Morgan fingerprint density at radius 1 is 0.833 bits per heavy atom. The van der Waals surface area contributed by atoms with Crippen LogP contribution >= 0.6 is 0 Å². The van der Waals surface area contributed by atoms with Crippen molar-refractivity contribution in [2.24, 2.45) is 0 Å². The summed E-state index contributed by atoms with van der Waals surface area (Å²) in [5, 5.41) is 12.0. The van der Waals surface area contributed by atoms with Crippen molar-refractivity contribution in [3.63, 3.8) is 0 Å². The van der Waals surface area contributed by atoms with Crippen LogP contribution in [0.5, 0.6) is 5.75 Å². The van der Waals surface area contributed by atoms with Gasteiger partial charge in [-0.1, -0.05) is 30.3 Å². The van der Waals surface area contributed by atoms with Gasteiger partial charge in [0.2, 0.25) is 0 Å². The molecule has 0 fully saturated rings. The molecule has 0 bridgehead atoms. The highest BCUT2D eigenvalue weighted by atomic mass is 19.1. The normalized spacial score (nSPS) is 11.4. The number of aromatic nitrogens is 6. The topological polar surface area (TPSA) is 104 Å². The number of ether oxygens (including phenoxy) is 1. The van der Waals surface area contributed by atoms with Crippen LogP contribution in [0.2, 0.25) is 0 Å². The third-order valence-corrected chi connectivity index (χ3v) is 7.18. The van der Waals surface area contributed by atoms with Gasteiger partial charge in [0, 0.05) is 59.8 Å². The van der Waals surface area contributed by atoms with Crippen molar-refractivity contribution >= 4 is 21.9 Å². The van der Waals surface area contributed by atoms with Crippen LogP contribution in [0.1, 0.15) is 11.1 Å². The Labute approximate surface area is 240 Å². The van der Waals surface area contributed by atoms with Crippen LogP contribution in [0.3, 0.4) is 0 Å². The summed E-state index contributed by atoms with van der Waals surface area (Å²) in [4.78, 5) is 17.4. The molecular formula is C33H26FN7O. The number of benzene rings is 2. The molecule has 9 heteroatoms. The molecule has 0 spiro atoms. The van der Waals surface area contributed by atoms with Crippen LogP contribution in [0.4, 0.5) is 4.39 Å². The lowest BCUT2D eigenvalue weighted by atomic mass is 10.1. The molecule has 0 aliphatic heterocycles. The molecular weight excluding hydrogens is 529 g/mol. The van der Waals surface area contributed by atoms with Crippen molar-refractivity contribution in [1.29, 1.82) is 0 Å². The first-order chi connectivity index (χ1) is 20.6. The van der Waals surface area contributed by atoms with Crippen LogP contribution in [-0.4, -0.2) is 37.2 Å². The van der Waals surface area contributed by atoms with E-state index in [-0.39, 0.29) is 5.82 Å². The maximum absolute atomic E-state index is 14.3. The number of pyridine rings is 3. The Morgan fingerprint density at radius 2 is 1.71 bits per heavy atom. The van der Waals surface area contributed by atoms with Gasteiger partial charge in [0.1, 0.15) is 22.8 Å². The van der Waals surface area contributed by atoms with E-state index in [1.165, 1.54) is 24.8 Å². The zero-order valence-corrected chi connectivity index (χ0v) is 22.7. The lowest BCUT2D eigenvalue weighted by Crippen LogP contribution is -2.12. The number of hydrogen-bond donors (Lipinski definition) is 3. The van der Waals surface area contributed by atoms with Crippen LogP contribution in [0.25, 0.3) is 55.8 Å². The summed E-state index contributed by atoms with van der Waals surface area (Å²) < 4.78 is 19.6. The maximum Gasteiger partial charge on any atom is 0.135 e. The summed E-state index contributed by atoms with van der Waals surface area (Å²) in [5.74, 6) is 0.0413. The van der Waals surface area contributed by atoms with E-state index in [2.05, 4.69) is 48.7 Å². The lowest BCUT2D eigenvalue weighted by molar-refractivity contribution is 0.411. The molecule has 3 N–H and O–H groups in total. The third-order valence-electron chi connectivity index (χ3n) is 7.18. The first-order valence-electron chi connectivity index (χ1n) is 13.5. The molecule has 5 aromatic heterocycles. The summed E-state index contributed by atoms with van der Waals surface area (Å²) in [6.07, 6.45) is 5.39. The van der Waals surface area contributed by atoms with Crippen LogP contribution in [0.15, 0.2) is 97.5 Å². The highest BCUT2D eigenvalue weighted by Crippen LogP contribution is 2.34. The molecule has 0 saturated carbocycles. The first kappa shape index (κ1) is 25.6. The Morgan fingerprint density at radius 3 is 2.60 bits per heavy atom. The molecule has 5 heterocycles. The Kier molecular flexibility index (Phi) is 6.61. The van der Waals surface area contributed by atoms with Gasteiger partial charge < -0.3 is 15.0 Å². The standard InChI is InChI=1S/C33H26FN7O/c1-42-25-13-22(12-24(34)14-25)31-26-15-30(38-28(26)9-10-37-31)33-32-29(40-41-33)8-7-27(39-32)23-11-21(18-36-19-23)17-35-16-20-5-3-2-4-6-20/h2-15,18-19,35,38H,16-17H2,1H3,(H,40,41). The number of aromatic amines is 2. The predicted molar refractivity (Wildman–Crippen MR) is 161 cm³/mol. The van der Waals surface area contributed by atoms with Gasteiger partial charge in [-0.2, -0.15) is 5.10 Å². The number of H-pyrrole nitrogens is 2. The molecule has 0 saturated heterocycles. The van der Waals surface area contributed by atoms with E-state index in [1.54, 1.807) is 12.3 Å². The fraction of sp³-hybridized carbons (Fsp3) is 0.0909. The van der Waals surface area contributed by atoms with Gasteiger partial charge in [0.15, 0.2) is 0 Å². The largest absolute Gasteiger partial charge is 0.497 e. The van der Waals surface area contributed by atoms with Gasteiger partial charge in [-0.3, -0.25) is 15.1 Å². The van der Waals surface area contributed by atoms with Crippen molar-refractivity contribution in [2.75, 3.05) is 7.11 Å². The average Bonchev–Trinajstić information content (AvgIpc) is 3.65. The van der Waals surface area contributed by atoms with Crippen LogP contribution in [0, 0.1) is 5.82 Å². The zero-order chi connectivity index (χ0) is 28.5. The van der Waals surface area contributed by atoms with Gasteiger partial charge in [0.05, 0.1) is 29.7 Å². The number of nitrogens with one attached hydrogen (secondary N) is 3. The monoisotopic (exact) mass is 555 g/mol. The number of methoxy groups -OCH3 is 1. The van der Waals surface area contributed by atoms with Gasteiger partial charge in [0.25, 0.3) is 0 Å². The van der Waals surface area contributed by atoms with Crippen molar-refractivity contribution in [2.45, 2.75) is 13.1 Å². The Hall–Kier alpha value is -5.41. The second-order valence-corrected chi connectivity index (χ2v) is 10.0. The molecule has 2 aromatic carbocycles. The van der Waals surface area contributed by atoms with Crippen LogP contribution in [-0.2, 0) is 13.1 Å². The molecule has 8 nitrogen and oxygen atoms in total. The molecule has 0 aliphatic carbocycles. The number of fused-ring (bicyclic) bond motifs is 2. The Balaban J connectivity index is 1.21. The zero-order valence-electron chi connectivity index (χ0n) is 22.7. The number of hydrogen-bond acceptors (Lipinski definition) is 6. The highest BCUT2D eigenvalue weighted by molar-refractivity contribution is 5.99. The predicted octanol–water partition coefficient (Wildman–Crippen LogP) is 6.67. The second kappa shape index (κ2) is 10.9. The molecule has 0 unspecified atom stereocenters. The molecule has 206 valence electrons. The summed E-state index contributed by atoms with van der Waals surface area (Å²) in [6, 6.07) is 24.8. The molecule has 0 atom stereocenters. The molecule has 7 rings (SSSR count). The highest BCUT2D eigenvalue weighted by Gasteiger charge is 2.17. The lowest BCUT2D eigenvalue weighted by Gasteiger charge is -2.07. The van der Waals surface area contributed by atoms with E-state index in [1.807, 2.05) is 54.9 Å². The summed E-state index contributed by atoms with van der Waals surface area (Å²) in [7, 11) is 1.51. The van der Waals surface area contributed by atoms with Gasteiger partial charge >= 0.3 is 0 Å². The quantitative estimate of drug-likeness (QED) is 0.194. The minimum absolute atomic E-state index is 0.389. The van der Waals surface area contributed by atoms with Crippen molar-refractivity contribution in [3.8, 4) is 39.7 Å². The van der Waals surface area contributed by atoms with E-state index in [0.29, 0.717) is 29.2 Å². The van der Waals surface area contributed by atoms with E-state index < -0.39 is 0 Å². The SMILES string of the molecule is COc1cc(F)cc(-c2nccc3[nH]c(-c4n[nH]c5ccc(-c6cncc(CNCc7ccccc7)c6)nc45)cc23)c1. The molecule has 0 radical (unpaired) electrons. The first-order valence-corrected chi connectivity index (χ1v) is 13.5. The van der Waals surface area contributed by atoms with Crippen molar-refractivity contribution < 1.29 is 9.13 Å². The van der Waals surface area contributed by atoms with Crippen molar-refractivity contribution in [3.05, 3.63) is 114 Å². The van der Waals surface area contributed by atoms with Crippen molar-refractivity contribution in [1.82, 2.24) is 35.5 Å².